The quantitative estimate of drug-likeness (QED) is 0.598. The van der Waals surface area contributed by atoms with E-state index in [4.69, 9.17) is 10.00 Å². The normalized spacial score (nSPS) is 9.67. The van der Waals surface area contributed by atoms with Crippen LogP contribution in [-0.2, 0) is 11.2 Å². The lowest BCUT2D eigenvalue weighted by Gasteiger charge is -2.16. The van der Waals surface area contributed by atoms with E-state index < -0.39 is 0 Å². The average molecular weight is 311 g/mol. The minimum Gasteiger partial charge on any atom is -0.496 e. The molecule has 1 aromatic rings. The molecule has 0 aliphatic heterocycles. The summed E-state index contributed by atoms with van der Waals surface area (Å²) < 4.78 is 6.22. The lowest BCUT2D eigenvalue weighted by Crippen LogP contribution is -2.25. The number of rotatable bonds is 6. The van der Waals surface area contributed by atoms with E-state index in [-0.39, 0.29) is 6.54 Å². The molecule has 4 nitrogen and oxygen atoms in total. The highest BCUT2D eigenvalue weighted by molar-refractivity contribution is 9.10. The van der Waals surface area contributed by atoms with Crippen LogP contribution in [0.4, 0.5) is 0 Å². The maximum absolute atomic E-state index is 10.7. The van der Waals surface area contributed by atoms with Gasteiger partial charge in [-0.3, -0.25) is 4.79 Å². The van der Waals surface area contributed by atoms with Crippen molar-refractivity contribution in [1.82, 2.24) is 4.90 Å². The van der Waals surface area contributed by atoms with Crippen molar-refractivity contribution in [3.05, 3.63) is 27.7 Å². The van der Waals surface area contributed by atoms with Crippen molar-refractivity contribution in [2.45, 2.75) is 13.3 Å². The van der Waals surface area contributed by atoms with Crippen LogP contribution in [0.2, 0.25) is 0 Å². The van der Waals surface area contributed by atoms with Crippen molar-refractivity contribution in [2.24, 2.45) is 0 Å². The third kappa shape index (κ3) is 3.74. The summed E-state index contributed by atoms with van der Waals surface area (Å²) in [5.74, 6) is 0.817. The van der Waals surface area contributed by atoms with Crippen LogP contribution in [0.5, 0.6) is 5.75 Å². The number of hydrogen-bond acceptors (Lipinski definition) is 3. The van der Waals surface area contributed by atoms with Crippen LogP contribution in [0.3, 0.4) is 0 Å². The van der Waals surface area contributed by atoms with Gasteiger partial charge in [0.2, 0.25) is 6.41 Å². The van der Waals surface area contributed by atoms with Gasteiger partial charge in [-0.2, -0.15) is 5.26 Å². The molecule has 0 bridgehead atoms. The van der Waals surface area contributed by atoms with Crippen LogP contribution in [-0.4, -0.2) is 31.5 Å². The molecule has 0 atom stereocenters. The summed E-state index contributed by atoms with van der Waals surface area (Å²) in [5.41, 5.74) is 2.16. The number of amides is 1. The minimum absolute atomic E-state index is 0.119. The Morgan fingerprint density at radius 1 is 1.56 bits per heavy atom. The third-order valence-electron chi connectivity index (χ3n) is 2.74. The van der Waals surface area contributed by atoms with E-state index >= 15 is 0 Å². The predicted molar refractivity (Wildman–Crippen MR) is 72.4 cm³/mol. The fraction of sp³-hybridized carbons (Fsp3) is 0.385. The standard InChI is InChI=1S/C13H15BrN2O2/c1-10-11(3-5-16(9-17)6-4-15)7-12(14)8-13(10)18-2/h7-9H,3,5-6H2,1-2H3. The number of hydrogen-bond donors (Lipinski definition) is 0. The van der Waals surface area contributed by atoms with E-state index in [2.05, 4.69) is 15.9 Å². The zero-order chi connectivity index (χ0) is 13.5. The number of nitrogens with zero attached hydrogens (tertiary/aromatic N) is 2. The molecular formula is C13H15BrN2O2. The molecule has 18 heavy (non-hydrogen) atoms. The zero-order valence-electron chi connectivity index (χ0n) is 10.4. The second-order valence-corrected chi connectivity index (χ2v) is 4.79. The van der Waals surface area contributed by atoms with Crippen LogP contribution in [0, 0.1) is 18.3 Å². The molecule has 0 aromatic heterocycles. The van der Waals surface area contributed by atoms with Crippen molar-refractivity contribution in [3.63, 3.8) is 0 Å². The molecule has 96 valence electrons. The number of halogens is 1. The summed E-state index contributed by atoms with van der Waals surface area (Å²) in [7, 11) is 1.63. The molecule has 1 rings (SSSR count). The number of methoxy groups -OCH3 is 1. The smallest absolute Gasteiger partial charge is 0.210 e. The molecule has 5 heteroatoms. The first kappa shape index (κ1) is 14.5. The predicted octanol–water partition coefficient (Wildman–Crippen LogP) is 2.29. The number of benzene rings is 1. The van der Waals surface area contributed by atoms with E-state index in [1.54, 1.807) is 7.11 Å². The van der Waals surface area contributed by atoms with Gasteiger partial charge in [0.1, 0.15) is 12.3 Å². The van der Waals surface area contributed by atoms with Gasteiger partial charge in [0.15, 0.2) is 0 Å². The maximum atomic E-state index is 10.7. The summed E-state index contributed by atoms with van der Waals surface area (Å²) in [6.45, 7) is 2.63. The largest absolute Gasteiger partial charge is 0.496 e. The van der Waals surface area contributed by atoms with Gasteiger partial charge in [0.25, 0.3) is 0 Å². The van der Waals surface area contributed by atoms with Crippen LogP contribution in [0.1, 0.15) is 11.1 Å². The Hall–Kier alpha value is -1.54. The molecule has 0 spiro atoms. The molecule has 0 radical (unpaired) electrons. The van der Waals surface area contributed by atoms with Gasteiger partial charge in [-0.1, -0.05) is 15.9 Å². The first-order valence-corrected chi connectivity index (χ1v) is 6.31. The van der Waals surface area contributed by atoms with Gasteiger partial charge >= 0.3 is 0 Å². The van der Waals surface area contributed by atoms with Crippen molar-refractivity contribution < 1.29 is 9.53 Å². The summed E-state index contributed by atoms with van der Waals surface area (Å²) in [4.78, 5) is 12.2. The van der Waals surface area contributed by atoms with E-state index in [1.807, 2.05) is 25.1 Å². The Kier molecular flexibility index (Phi) is 5.66. The third-order valence-corrected chi connectivity index (χ3v) is 3.20. The Morgan fingerprint density at radius 3 is 2.83 bits per heavy atom. The molecule has 0 N–H and O–H groups in total. The van der Waals surface area contributed by atoms with Crippen LogP contribution < -0.4 is 4.74 Å². The lowest BCUT2D eigenvalue weighted by atomic mass is 10.0. The first-order chi connectivity index (χ1) is 8.62. The second kappa shape index (κ2) is 7.02. The molecule has 0 saturated carbocycles. The molecule has 0 aliphatic carbocycles. The fourth-order valence-electron chi connectivity index (χ4n) is 1.70. The summed E-state index contributed by atoms with van der Waals surface area (Å²) in [6.07, 6.45) is 1.40. The molecule has 1 amide bonds. The number of ether oxygens (including phenoxy) is 1. The van der Waals surface area contributed by atoms with Crippen molar-refractivity contribution in [2.75, 3.05) is 20.2 Å². The second-order valence-electron chi connectivity index (χ2n) is 3.88. The number of carbonyl (C=O) groups excluding carboxylic acids is 1. The first-order valence-electron chi connectivity index (χ1n) is 5.51. The zero-order valence-corrected chi connectivity index (χ0v) is 12.0. The Labute approximate surface area is 115 Å². The molecule has 0 saturated heterocycles. The minimum atomic E-state index is 0.119. The lowest BCUT2D eigenvalue weighted by molar-refractivity contribution is -0.117. The molecule has 1 aromatic carbocycles. The SMILES string of the molecule is COc1cc(Br)cc(CCN(C=O)CC#N)c1C. The molecule has 0 fully saturated rings. The monoisotopic (exact) mass is 310 g/mol. The molecule has 0 aliphatic rings. The van der Waals surface area contributed by atoms with Gasteiger partial charge in [-0.15, -0.1) is 0 Å². The van der Waals surface area contributed by atoms with Gasteiger partial charge in [0.05, 0.1) is 13.2 Å². The van der Waals surface area contributed by atoms with E-state index in [9.17, 15) is 4.79 Å². The van der Waals surface area contributed by atoms with Gasteiger partial charge in [-0.05, 0) is 36.6 Å². The number of carbonyl (C=O) groups is 1. The molecular weight excluding hydrogens is 296 g/mol. The summed E-state index contributed by atoms with van der Waals surface area (Å²) in [5, 5.41) is 8.57. The maximum Gasteiger partial charge on any atom is 0.210 e. The van der Waals surface area contributed by atoms with Crippen molar-refractivity contribution in [3.8, 4) is 11.8 Å². The van der Waals surface area contributed by atoms with Crippen molar-refractivity contribution in [1.29, 1.82) is 5.26 Å². The van der Waals surface area contributed by atoms with E-state index in [0.717, 1.165) is 21.3 Å². The Bertz CT molecular complexity index is 469. The van der Waals surface area contributed by atoms with Gasteiger partial charge in [0, 0.05) is 11.0 Å². The summed E-state index contributed by atoms with van der Waals surface area (Å²) in [6, 6.07) is 5.88. The highest BCUT2D eigenvalue weighted by Gasteiger charge is 2.08. The van der Waals surface area contributed by atoms with Crippen molar-refractivity contribution >= 4 is 22.3 Å². The van der Waals surface area contributed by atoms with Crippen LogP contribution >= 0.6 is 15.9 Å². The Balaban J connectivity index is 2.81. The average Bonchev–Trinajstić information content (AvgIpc) is 2.37. The van der Waals surface area contributed by atoms with E-state index in [1.165, 1.54) is 4.90 Å². The van der Waals surface area contributed by atoms with Gasteiger partial charge < -0.3 is 9.64 Å². The van der Waals surface area contributed by atoms with E-state index in [0.29, 0.717) is 19.4 Å². The topological polar surface area (TPSA) is 53.3 Å². The van der Waals surface area contributed by atoms with Crippen LogP contribution in [0.15, 0.2) is 16.6 Å². The highest BCUT2D eigenvalue weighted by atomic mass is 79.9. The van der Waals surface area contributed by atoms with Gasteiger partial charge in [-0.25, -0.2) is 0 Å². The Morgan fingerprint density at radius 2 is 2.28 bits per heavy atom. The summed E-state index contributed by atoms with van der Waals surface area (Å²) >= 11 is 3.43. The molecule has 0 heterocycles. The highest BCUT2D eigenvalue weighted by Crippen LogP contribution is 2.27. The fourth-order valence-corrected chi connectivity index (χ4v) is 2.19. The molecule has 0 unspecified atom stereocenters. The van der Waals surface area contributed by atoms with Crippen LogP contribution in [0.25, 0.3) is 0 Å². The number of nitriles is 1.